The fourth-order valence-corrected chi connectivity index (χ4v) is 1.63. The van der Waals surface area contributed by atoms with Crippen LogP contribution in [0.2, 0.25) is 0 Å². The lowest BCUT2D eigenvalue weighted by molar-refractivity contribution is -0.139. The Labute approximate surface area is 105 Å². The fraction of sp³-hybridized carbons (Fsp3) is 0.583. The second kappa shape index (κ2) is 5.66. The number of rotatable bonds is 6. The Kier molecular flexibility index (Phi) is 4.47. The highest BCUT2D eigenvalue weighted by Gasteiger charge is 2.25. The molecule has 1 heterocycles. The van der Waals surface area contributed by atoms with Gasteiger partial charge in [-0.2, -0.15) is 0 Å². The number of aliphatic carboxylic acids is 1. The Bertz CT molecular complexity index is 437. The summed E-state index contributed by atoms with van der Waals surface area (Å²) in [5.41, 5.74) is -0.567. The van der Waals surface area contributed by atoms with Crippen molar-refractivity contribution in [2.45, 2.75) is 40.2 Å². The van der Waals surface area contributed by atoms with Crippen LogP contribution < -0.4 is 5.32 Å². The summed E-state index contributed by atoms with van der Waals surface area (Å²) in [6.45, 7) is 5.48. The summed E-state index contributed by atoms with van der Waals surface area (Å²) >= 11 is 0. The largest absolute Gasteiger partial charge is 0.481 e. The molecule has 100 valence electrons. The van der Waals surface area contributed by atoms with Crippen molar-refractivity contribution in [1.29, 1.82) is 0 Å². The number of aryl methyl sites for hydroxylation is 1. The van der Waals surface area contributed by atoms with Crippen LogP contribution in [0, 0.1) is 12.3 Å². The first-order valence-electron chi connectivity index (χ1n) is 5.68. The van der Waals surface area contributed by atoms with Crippen molar-refractivity contribution in [3.05, 3.63) is 17.8 Å². The predicted molar refractivity (Wildman–Crippen MR) is 63.7 cm³/mol. The van der Waals surface area contributed by atoms with E-state index in [1.54, 1.807) is 27.0 Å². The lowest BCUT2D eigenvalue weighted by Gasteiger charge is -2.21. The van der Waals surface area contributed by atoms with Gasteiger partial charge in [-0.05, 0) is 12.3 Å². The Morgan fingerprint density at radius 1 is 1.44 bits per heavy atom. The highest BCUT2D eigenvalue weighted by molar-refractivity contribution is 5.77. The third kappa shape index (κ3) is 4.99. The van der Waals surface area contributed by atoms with E-state index in [-0.39, 0.29) is 25.3 Å². The van der Waals surface area contributed by atoms with Gasteiger partial charge in [0.2, 0.25) is 11.8 Å². The molecule has 0 aliphatic carbocycles. The molecule has 6 nitrogen and oxygen atoms in total. The number of hydrogen-bond acceptors (Lipinski definition) is 4. The van der Waals surface area contributed by atoms with Crippen LogP contribution in [0.15, 0.2) is 10.6 Å². The summed E-state index contributed by atoms with van der Waals surface area (Å²) in [5.74, 6) is 0.00979. The quantitative estimate of drug-likeness (QED) is 0.802. The summed E-state index contributed by atoms with van der Waals surface area (Å²) in [6.07, 6.45) is 1.69. The zero-order chi connectivity index (χ0) is 13.8. The molecule has 0 saturated heterocycles. The van der Waals surface area contributed by atoms with Crippen molar-refractivity contribution in [3.63, 3.8) is 0 Å². The van der Waals surface area contributed by atoms with Gasteiger partial charge in [-0.15, -0.1) is 0 Å². The van der Waals surface area contributed by atoms with E-state index in [0.717, 1.165) is 0 Å². The number of carbonyl (C=O) groups excluding carboxylic acids is 1. The Balaban J connectivity index is 2.39. The number of carboxylic acids is 1. The lowest BCUT2D eigenvalue weighted by atomic mass is 9.85. The minimum atomic E-state index is -0.906. The molecule has 1 amide bonds. The molecule has 0 aliphatic rings. The van der Waals surface area contributed by atoms with Gasteiger partial charge in [0.15, 0.2) is 0 Å². The van der Waals surface area contributed by atoms with E-state index in [0.29, 0.717) is 11.7 Å². The third-order valence-electron chi connectivity index (χ3n) is 2.37. The van der Waals surface area contributed by atoms with E-state index < -0.39 is 11.4 Å². The average molecular weight is 254 g/mol. The summed E-state index contributed by atoms with van der Waals surface area (Å²) in [4.78, 5) is 26.2. The predicted octanol–water partition coefficient (Wildman–Crippen LogP) is 1.49. The molecule has 0 fully saturated rings. The van der Waals surface area contributed by atoms with Crippen LogP contribution in [0.4, 0.5) is 0 Å². The number of carbonyl (C=O) groups is 2. The van der Waals surface area contributed by atoms with Crippen LogP contribution >= 0.6 is 0 Å². The summed E-state index contributed by atoms with van der Waals surface area (Å²) in [7, 11) is 0. The fourth-order valence-electron chi connectivity index (χ4n) is 1.63. The lowest BCUT2D eigenvalue weighted by Crippen LogP contribution is -2.29. The molecule has 0 spiro atoms. The number of oxazole rings is 1. The molecule has 0 saturated carbocycles. The van der Waals surface area contributed by atoms with Gasteiger partial charge in [-0.3, -0.25) is 9.59 Å². The minimum absolute atomic E-state index is 0.0431. The maximum absolute atomic E-state index is 11.6. The molecule has 0 bridgehead atoms. The molecular formula is C12H18N2O4. The molecule has 18 heavy (non-hydrogen) atoms. The van der Waals surface area contributed by atoms with Crippen LogP contribution in [0.5, 0.6) is 0 Å². The molecule has 6 heteroatoms. The first-order chi connectivity index (χ1) is 8.28. The van der Waals surface area contributed by atoms with E-state index in [1.807, 2.05) is 0 Å². The van der Waals surface area contributed by atoms with E-state index >= 15 is 0 Å². The van der Waals surface area contributed by atoms with Crippen LogP contribution in [-0.2, 0) is 16.1 Å². The van der Waals surface area contributed by atoms with Crippen LogP contribution in [-0.4, -0.2) is 22.0 Å². The maximum Gasteiger partial charge on any atom is 0.303 e. The van der Waals surface area contributed by atoms with E-state index in [4.69, 9.17) is 9.52 Å². The third-order valence-corrected chi connectivity index (χ3v) is 2.37. The monoisotopic (exact) mass is 254 g/mol. The Hall–Kier alpha value is -1.85. The number of amides is 1. The molecule has 0 atom stereocenters. The van der Waals surface area contributed by atoms with Crippen LogP contribution in [0.1, 0.15) is 38.3 Å². The second-order valence-electron chi connectivity index (χ2n) is 5.05. The maximum atomic E-state index is 11.6. The SMILES string of the molecule is Cc1cnc(CNC(=O)CC(C)(C)CC(=O)O)o1. The van der Waals surface area contributed by atoms with Gasteiger partial charge in [0, 0.05) is 6.42 Å². The molecule has 2 N–H and O–H groups in total. The van der Waals surface area contributed by atoms with E-state index in [2.05, 4.69) is 10.3 Å². The Morgan fingerprint density at radius 3 is 2.61 bits per heavy atom. The second-order valence-corrected chi connectivity index (χ2v) is 5.05. The highest BCUT2D eigenvalue weighted by atomic mass is 16.4. The first-order valence-corrected chi connectivity index (χ1v) is 5.68. The smallest absolute Gasteiger partial charge is 0.303 e. The first kappa shape index (κ1) is 14.2. The van der Waals surface area contributed by atoms with Crippen molar-refractivity contribution in [1.82, 2.24) is 10.3 Å². The molecule has 1 aromatic rings. The minimum Gasteiger partial charge on any atom is -0.481 e. The summed E-state index contributed by atoms with van der Waals surface area (Å²) < 4.78 is 5.21. The molecule has 1 aromatic heterocycles. The molecule has 1 rings (SSSR count). The zero-order valence-corrected chi connectivity index (χ0v) is 10.8. The van der Waals surface area contributed by atoms with Crippen molar-refractivity contribution >= 4 is 11.9 Å². The van der Waals surface area contributed by atoms with Crippen molar-refractivity contribution in [3.8, 4) is 0 Å². The average Bonchev–Trinajstić information content (AvgIpc) is 2.58. The normalized spacial score (nSPS) is 11.3. The van der Waals surface area contributed by atoms with Gasteiger partial charge < -0.3 is 14.8 Å². The van der Waals surface area contributed by atoms with Crippen LogP contribution in [0.25, 0.3) is 0 Å². The van der Waals surface area contributed by atoms with Gasteiger partial charge in [-0.25, -0.2) is 4.98 Å². The van der Waals surface area contributed by atoms with Crippen molar-refractivity contribution in [2.75, 3.05) is 0 Å². The Morgan fingerprint density at radius 2 is 2.11 bits per heavy atom. The van der Waals surface area contributed by atoms with E-state index in [9.17, 15) is 9.59 Å². The number of hydrogen-bond donors (Lipinski definition) is 2. The van der Waals surface area contributed by atoms with Gasteiger partial charge in [0.05, 0.1) is 19.2 Å². The van der Waals surface area contributed by atoms with Gasteiger partial charge in [0.1, 0.15) is 5.76 Å². The van der Waals surface area contributed by atoms with Crippen molar-refractivity contribution in [2.24, 2.45) is 5.41 Å². The molecule has 0 unspecified atom stereocenters. The molecular weight excluding hydrogens is 236 g/mol. The van der Waals surface area contributed by atoms with Gasteiger partial charge in [0.25, 0.3) is 0 Å². The number of carboxylic acid groups (broad SMARTS) is 1. The van der Waals surface area contributed by atoms with Crippen molar-refractivity contribution < 1.29 is 19.1 Å². The highest BCUT2D eigenvalue weighted by Crippen LogP contribution is 2.24. The number of nitrogens with zero attached hydrogens (tertiary/aromatic N) is 1. The molecule has 0 aliphatic heterocycles. The summed E-state index contributed by atoms with van der Waals surface area (Å²) in [5, 5.41) is 11.4. The zero-order valence-electron chi connectivity index (χ0n) is 10.8. The van der Waals surface area contributed by atoms with Crippen LogP contribution in [0.3, 0.4) is 0 Å². The summed E-state index contributed by atoms with van der Waals surface area (Å²) in [6, 6.07) is 0. The van der Waals surface area contributed by atoms with E-state index in [1.165, 1.54) is 0 Å². The van der Waals surface area contributed by atoms with Gasteiger partial charge >= 0.3 is 5.97 Å². The standard InChI is InChI=1S/C12H18N2O4/c1-8-6-14-10(18-8)7-13-9(15)4-12(2,3)5-11(16)17/h6H,4-5,7H2,1-3H3,(H,13,15)(H,16,17). The topological polar surface area (TPSA) is 92.4 Å². The number of nitrogens with one attached hydrogen (secondary N) is 1. The van der Waals surface area contributed by atoms with Gasteiger partial charge in [-0.1, -0.05) is 13.8 Å². The molecule has 0 aromatic carbocycles. The number of aromatic nitrogens is 1. The molecule has 0 radical (unpaired) electrons.